The Bertz CT molecular complexity index is 1150. The molecule has 2 aromatic carbocycles. The molecule has 1 aliphatic heterocycles. The molecule has 2 amide bonds. The van der Waals surface area contributed by atoms with Gasteiger partial charge in [0.2, 0.25) is 15.9 Å². The summed E-state index contributed by atoms with van der Waals surface area (Å²) in [5, 5.41) is 21.0. The molecule has 3 rings (SSSR count). The summed E-state index contributed by atoms with van der Waals surface area (Å²) in [5.41, 5.74) is -0.168. The quantitative estimate of drug-likeness (QED) is 0.664. The molecule has 0 unspecified atom stereocenters. The standard InChI is InChI=1S/C18H15ClN2O7S/c1-9-8-29(27,28)21(17(9)24)11-3-5-12(14(19)7-11)16(23)20-10-2-4-13(18(25)26)15(22)6-10/h2-7,9,22H,8H2,1H3,(H,20,23)(H,25,26)/t9-/m1/s1. The molecule has 29 heavy (non-hydrogen) atoms. The van der Waals surface area contributed by atoms with E-state index in [4.69, 9.17) is 16.7 Å². The molecule has 1 atom stereocenters. The Morgan fingerprint density at radius 3 is 2.34 bits per heavy atom. The number of aromatic hydroxyl groups is 1. The average molecular weight is 439 g/mol. The van der Waals surface area contributed by atoms with Gasteiger partial charge in [-0.15, -0.1) is 0 Å². The number of nitrogens with one attached hydrogen (secondary N) is 1. The van der Waals surface area contributed by atoms with Crippen LogP contribution in [-0.2, 0) is 14.8 Å². The molecular formula is C18H15ClN2O7S. The molecule has 0 bridgehead atoms. The molecule has 3 N–H and O–H groups in total. The predicted molar refractivity (Wildman–Crippen MR) is 105 cm³/mol. The predicted octanol–water partition coefficient (Wildman–Crippen LogP) is 2.31. The number of phenols is 1. The summed E-state index contributed by atoms with van der Waals surface area (Å²) in [6.45, 7) is 1.51. The molecule has 1 saturated heterocycles. The first-order valence-corrected chi connectivity index (χ1v) is 10.2. The smallest absolute Gasteiger partial charge is 0.339 e. The molecule has 11 heteroatoms. The third-order valence-corrected chi connectivity index (χ3v) is 6.46. The first-order valence-electron chi connectivity index (χ1n) is 8.25. The van der Waals surface area contributed by atoms with Crippen LogP contribution in [0.5, 0.6) is 5.75 Å². The van der Waals surface area contributed by atoms with Gasteiger partial charge in [-0.1, -0.05) is 18.5 Å². The fourth-order valence-electron chi connectivity index (χ4n) is 2.89. The van der Waals surface area contributed by atoms with Crippen LogP contribution in [0.2, 0.25) is 5.02 Å². The number of sulfonamides is 1. The minimum absolute atomic E-state index is 0.00527. The van der Waals surface area contributed by atoms with Crippen molar-refractivity contribution in [2.24, 2.45) is 5.92 Å². The molecule has 1 heterocycles. The van der Waals surface area contributed by atoms with Gasteiger partial charge in [0.15, 0.2) is 0 Å². The van der Waals surface area contributed by atoms with Crippen LogP contribution in [0.25, 0.3) is 0 Å². The zero-order chi connectivity index (χ0) is 21.5. The molecule has 152 valence electrons. The minimum Gasteiger partial charge on any atom is -0.507 e. The molecule has 9 nitrogen and oxygen atoms in total. The fraction of sp³-hybridized carbons (Fsp3) is 0.167. The number of carboxylic acid groups (broad SMARTS) is 1. The second-order valence-corrected chi connectivity index (χ2v) is 8.71. The molecule has 1 fully saturated rings. The van der Waals surface area contributed by atoms with E-state index in [0.29, 0.717) is 4.31 Å². The number of carbonyl (C=O) groups excluding carboxylic acids is 2. The van der Waals surface area contributed by atoms with Gasteiger partial charge in [-0.05, 0) is 30.3 Å². The SMILES string of the molecule is C[C@@H]1CS(=O)(=O)N(c2ccc(C(=O)Nc3ccc(C(=O)O)c(O)c3)c(Cl)c2)C1=O. The lowest BCUT2D eigenvalue weighted by atomic mass is 10.1. The average Bonchev–Trinajstić information content (AvgIpc) is 2.81. The highest BCUT2D eigenvalue weighted by Gasteiger charge is 2.42. The second kappa shape index (κ2) is 7.37. The van der Waals surface area contributed by atoms with Crippen molar-refractivity contribution in [3.05, 3.63) is 52.5 Å². The van der Waals surface area contributed by atoms with Gasteiger partial charge in [-0.3, -0.25) is 9.59 Å². The van der Waals surface area contributed by atoms with Crippen LogP contribution in [0.15, 0.2) is 36.4 Å². The highest BCUT2D eigenvalue weighted by Crippen LogP contribution is 2.32. The van der Waals surface area contributed by atoms with Crippen molar-refractivity contribution >= 4 is 50.8 Å². The van der Waals surface area contributed by atoms with E-state index in [1.54, 1.807) is 0 Å². The zero-order valence-electron chi connectivity index (χ0n) is 14.9. The van der Waals surface area contributed by atoms with Crippen LogP contribution in [0.4, 0.5) is 11.4 Å². The molecule has 0 aliphatic carbocycles. The molecule has 1 aliphatic rings. The lowest BCUT2D eigenvalue weighted by Crippen LogP contribution is -2.30. The monoisotopic (exact) mass is 438 g/mol. The topological polar surface area (TPSA) is 141 Å². The summed E-state index contributed by atoms with van der Waals surface area (Å²) in [6, 6.07) is 7.25. The number of carboxylic acids is 1. The van der Waals surface area contributed by atoms with Crippen molar-refractivity contribution in [2.45, 2.75) is 6.92 Å². The number of anilines is 2. The molecule has 2 aromatic rings. The van der Waals surface area contributed by atoms with Gasteiger partial charge in [-0.25, -0.2) is 17.5 Å². The maximum atomic E-state index is 12.4. The van der Waals surface area contributed by atoms with E-state index >= 15 is 0 Å². The number of hydrogen-bond acceptors (Lipinski definition) is 6. The number of hydrogen-bond donors (Lipinski definition) is 3. The van der Waals surface area contributed by atoms with Gasteiger partial charge < -0.3 is 15.5 Å². The molecule has 0 spiro atoms. The van der Waals surface area contributed by atoms with Gasteiger partial charge in [0.05, 0.1) is 27.9 Å². The van der Waals surface area contributed by atoms with Gasteiger partial charge in [-0.2, -0.15) is 0 Å². The first-order chi connectivity index (χ1) is 13.5. The normalized spacial score (nSPS) is 17.9. The van der Waals surface area contributed by atoms with Crippen molar-refractivity contribution in [1.82, 2.24) is 0 Å². The highest BCUT2D eigenvalue weighted by molar-refractivity contribution is 7.94. The van der Waals surface area contributed by atoms with Crippen LogP contribution in [0, 0.1) is 5.92 Å². The Morgan fingerprint density at radius 2 is 1.83 bits per heavy atom. The Hall–Kier alpha value is -3.11. The summed E-state index contributed by atoms with van der Waals surface area (Å²) >= 11 is 6.12. The van der Waals surface area contributed by atoms with Gasteiger partial charge in [0.25, 0.3) is 5.91 Å². The van der Waals surface area contributed by atoms with Gasteiger partial charge in [0.1, 0.15) is 11.3 Å². The number of benzene rings is 2. The maximum absolute atomic E-state index is 12.4. The third-order valence-electron chi connectivity index (χ3n) is 4.28. The number of nitrogens with zero attached hydrogens (tertiary/aromatic N) is 1. The van der Waals surface area contributed by atoms with E-state index in [1.165, 1.54) is 31.2 Å². The van der Waals surface area contributed by atoms with Crippen molar-refractivity contribution < 1.29 is 33.0 Å². The summed E-state index contributed by atoms with van der Waals surface area (Å²) in [7, 11) is -3.80. The second-order valence-electron chi connectivity index (χ2n) is 6.44. The third kappa shape index (κ3) is 3.89. The molecule has 0 radical (unpaired) electrons. The maximum Gasteiger partial charge on any atom is 0.339 e. The lowest BCUT2D eigenvalue weighted by molar-refractivity contribution is -0.119. The van der Waals surface area contributed by atoms with E-state index in [-0.39, 0.29) is 33.3 Å². The molecular weight excluding hydrogens is 424 g/mol. The number of amides is 2. The van der Waals surface area contributed by atoms with E-state index in [2.05, 4.69) is 5.32 Å². The number of halogens is 1. The summed E-state index contributed by atoms with van der Waals surface area (Å²) in [6.07, 6.45) is 0. The summed E-state index contributed by atoms with van der Waals surface area (Å²) in [5.74, 6) is -4.08. The van der Waals surface area contributed by atoms with Crippen molar-refractivity contribution in [2.75, 3.05) is 15.4 Å². The highest BCUT2D eigenvalue weighted by atomic mass is 35.5. The molecule has 0 aromatic heterocycles. The lowest BCUT2D eigenvalue weighted by Gasteiger charge is -2.16. The molecule has 0 saturated carbocycles. The Labute approximate surface area is 170 Å². The van der Waals surface area contributed by atoms with E-state index in [1.807, 2.05) is 0 Å². The minimum atomic E-state index is -3.80. The summed E-state index contributed by atoms with van der Waals surface area (Å²) < 4.78 is 25.0. The zero-order valence-corrected chi connectivity index (χ0v) is 16.5. The van der Waals surface area contributed by atoms with Crippen molar-refractivity contribution in [3.8, 4) is 5.75 Å². The largest absolute Gasteiger partial charge is 0.507 e. The van der Waals surface area contributed by atoms with Crippen LogP contribution in [-0.4, -0.2) is 42.2 Å². The Balaban J connectivity index is 1.85. The first kappa shape index (κ1) is 20.6. The van der Waals surface area contributed by atoms with Gasteiger partial charge in [0, 0.05) is 11.8 Å². The number of carbonyl (C=O) groups is 3. The fourth-order valence-corrected chi connectivity index (χ4v) is 4.96. The van der Waals surface area contributed by atoms with Crippen LogP contribution < -0.4 is 9.62 Å². The Morgan fingerprint density at radius 1 is 1.17 bits per heavy atom. The van der Waals surface area contributed by atoms with Crippen LogP contribution in [0.1, 0.15) is 27.6 Å². The van der Waals surface area contributed by atoms with Crippen molar-refractivity contribution in [3.63, 3.8) is 0 Å². The van der Waals surface area contributed by atoms with Crippen LogP contribution in [0.3, 0.4) is 0 Å². The van der Waals surface area contributed by atoms with Gasteiger partial charge >= 0.3 is 5.97 Å². The van der Waals surface area contributed by atoms with E-state index in [9.17, 15) is 27.9 Å². The number of rotatable bonds is 4. The van der Waals surface area contributed by atoms with E-state index < -0.39 is 39.5 Å². The summed E-state index contributed by atoms with van der Waals surface area (Å²) in [4.78, 5) is 35.5. The van der Waals surface area contributed by atoms with Crippen LogP contribution >= 0.6 is 11.6 Å². The van der Waals surface area contributed by atoms with E-state index in [0.717, 1.165) is 12.1 Å². The Kier molecular flexibility index (Phi) is 5.24. The van der Waals surface area contributed by atoms with Crippen molar-refractivity contribution in [1.29, 1.82) is 0 Å². The number of aromatic carboxylic acids is 1.